The maximum absolute atomic E-state index is 3.40. The number of rotatable bonds is 3. The first-order chi connectivity index (χ1) is 12.9. The molecule has 26 heavy (non-hydrogen) atoms. The van der Waals surface area contributed by atoms with Crippen LogP contribution in [0.3, 0.4) is 0 Å². The van der Waals surface area contributed by atoms with E-state index in [-0.39, 0.29) is 0 Å². The Morgan fingerprint density at radius 1 is 0.577 bits per heavy atom. The van der Waals surface area contributed by atoms with Crippen molar-refractivity contribution in [2.24, 2.45) is 0 Å². The fourth-order valence-corrected chi connectivity index (χ4v) is 65.9. The van der Waals surface area contributed by atoms with Crippen LogP contribution < -0.4 is 13.1 Å². The quantitative estimate of drug-likeness (QED) is 0.369. The summed E-state index contributed by atoms with van der Waals surface area (Å²) in [5.41, 5.74) is 6.73. The Balaban J connectivity index is 1.89. The van der Waals surface area contributed by atoms with Gasteiger partial charge >= 0.3 is 167 Å². The number of hydrogen-bond donors (Lipinski definition) is 0. The zero-order chi connectivity index (χ0) is 17.6. The summed E-state index contributed by atoms with van der Waals surface area (Å²) in [5.74, 6) is 0. The predicted octanol–water partition coefficient (Wildman–Crippen LogP) is 2.77. The summed E-state index contributed by atoms with van der Waals surface area (Å²) in [6, 6.07) is 34.0. The zero-order valence-corrected chi connectivity index (χ0v) is 20.0. The molecule has 1 aliphatic rings. The van der Waals surface area contributed by atoms with Gasteiger partial charge in [0.2, 0.25) is 0 Å². The summed E-state index contributed by atoms with van der Waals surface area (Å²) in [4.78, 5) is 2.44. The van der Waals surface area contributed by atoms with Gasteiger partial charge in [-0.15, -0.1) is 0 Å². The number of benzene rings is 3. The van der Waals surface area contributed by atoms with Gasteiger partial charge in [0.05, 0.1) is 0 Å². The Labute approximate surface area is 166 Å². The first-order valence-corrected chi connectivity index (χ1v) is 24.2. The number of hydrogen-bond acceptors (Lipinski definition) is 0. The summed E-state index contributed by atoms with van der Waals surface area (Å²) >= 11 is -2.51. The molecule has 3 heteroatoms. The van der Waals surface area contributed by atoms with E-state index < -0.39 is 35.7 Å². The summed E-state index contributed by atoms with van der Waals surface area (Å²) < 4.78 is 4.86. The van der Waals surface area contributed by atoms with Crippen molar-refractivity contribution in [3.63, 3.8) is 0 Å². The molecular weight excluding hydrogens is 501 g/mol. The van der Waals surface area contributed by atoms with Gasteiger partial charge in [-0.1, -0.05) is 0 Å². The van der Waals surface area contributed by atoms with E-state index in [1.54, 1.807) is 13.1 Å². The van der Waals surface area contributed by atoms with Gasteiger partial charge in [-0.25, -0.2) is 0 Å². The van der Waals surface area contributed by atoms with Crippen LogP contribution in [0.5, 0.6) is 0 Å². The summed E-state index contributed by atoms with van der Waals surface area (Å²) in [7, 11) is -1.23. The van der Waals surface area contributed by atoms with E-state index >= 15 is 0 Å². The van der Waals surface area contributed by atoms with Gasteiger partial charge in [0.15, 0.2) is 0 Å². The Hall–Kier alpha value is -1.36. The molecule has 0 aromatic heterocycles. The topological polar surface area (TPSA) is 0 Å². The summed E-state index contributed by atoms with van der Waals surface area (Å²) in [5, 5.41) is 1.21. The second-order valence-corrected chi connectivity index (χ2v) is 41.1. The van der Waals surface area contributed by atoms with E-state index in [1.165, 1.54) is 5.21 Å². The van der Waals surface area contributed by atoms with Gasteiger partial charge in [0.1, 0.15) is 0 Å². The normalized spacial score (nSPS) is 21.9. The molecule has 3 aromatic carbocycles. The van der Waals surface area contributed by atoms with Crippen molar-refractivity contribution in [3.05, 3.63) is 113 Å². The molecule has 0 spiro atoms. The fourth-order valence-electron chi connectivity index (χ4n) is 2.94. The zero-order valence-electron chi connectivity index (χ0n) is 14.4. The molecule has 0 radical (unpaired) electrons. The monoisotopic (exact) mass is 520 g/mol. The molecule has 126 valence electrons. The maximum atomic E-state index is 3.40. The molecule has 1 aliphatic heterocycles. The van der Waals surface area contributed by atoms with Crippen LogP contribution in [0.15, 0.2) is 113 Å². The van der Waals surface area contributed by atoms with Crippen molar-refractivity contribution < 1.29 is 0 Å². The molecule has 0 aliphatic carbocycles. The van der Waals surface area contributed by atoms with Crippen LogP contribution in [0.1, 0.15) is 0 Å². The van der Waals surface area contributed by atoms with E-state index in [0.29, 0.717) is 0 Å². The molecule has 3 unspecified atom stereocenters. The van der Waals surface area contributed by atoms with E-state index in [0.717, 1.165) is 0 Å². The van der Waals surface area contributed by atoms with Crippen molar-refractivity contribution in [2.45, 2.75) is 5.21 Å². The van der Waals surface area contributed by atoms with Crippen molar-refractivity contribution >= 4 is 48.7 Å². The van der Waals surface area contributed by atoms with Gasteiger partial charge in [-0.2, -0.15) is 0 Å². The standard InChI is InChI=1S/C23H19As3/c1-5-13-21(14-6-1)24-19-11-4-12-20-25(22-15-7-2-8-16-22)26(24)23-17-9-3-10-18-23/h1-3,5-11,13-18,20H,19H2. The van der Waals surface area contributed by atoms with Crippen molar-refractivity contribution in [3.8, 4) is 0 Å². The van der Waals surface area contributed by atoms with Crippen molar-refractivity contribution in [1.29, 1.82) is 0 Å². The number of allylic oxidation sites excluding steroid dienone is 1. The second kappa shape index (κ2) is 9.02. The molecule has 0 saturated carbocycles. The minimum atomic E-state index is -1.32. The van der Waals surface area contributed by atoms with Gasteiger partial charge in [0.25, 0.3) is 0 Å². The molecule has 0 amide bonds. The van der Waals surface area contributed by atoms with Crippen molar-refractivity contribution in [1.82, 2.24) is 0 Å². The van der Waals surface area contributed by atoms with Gasteiger partial charge < -0.3 is 0 Å². The van der Waals surface area contributed by atoms with E-state index in [1.807, 2.05) is 0 Å². The van der Waals surface area contributed by atoms with Crippen LogP contribution in [-0.2, 0) is 0 Å². The van der Waals surface area contributed by atoms with E-state index in [4.69, 9.17) is 0 Å². The third kappa shape index (κ3) is 4.13. The Kier molecular flexibility index (Phi) is 6.25. The Bertz CT molecular complexity index is 939. The van der Waals surface area contributed by atoms with Crippen LogP contribution in [0.25, 0.3) is 0 Å². The summed E-state index contributed by atoms with van der Waals surface area (Å²) in [6.45, 7) is 0. The molecule has 0 bridgehead atoms. The van der Waals surface area contributed by atoms with Gasteiger partial charge in [-0.05, 0) is 0 Å². The Morgan fingerprint density at radius 3 is 1.73 bits per heavy atom. The predicted molar refractivity (Wildman–Crippen MR) is 116 cm³/mol. The summed E-state index contributed by atoms with van der Waals surface area (Å²) in [6.07, 6.45) is 2.25. The fraction of sp³-hybridized carbons (Fsp3) is 0.0435. The van der Waals surface area contributed by atoms with Gasteiger partial charge in [0, 0.05) is 0 Å². The molecule has 0 N–H and O–H groups in total. The van der Waals surface area contributed by atoms with Gasteiger partial charge in [-0.3, -0.25) is 0 Å². The first kappa shape index (κ1) is 18.0. The molecule has 0 saturated heterocycles. The molecule has 4 rings (SSSR count). The van der Waals surface area contributed by atoms with Crippen LogP contribution in [0.2, 0.25) is 5.21 Å². The van der Waals surface area contributed by atoms with Crippen LogP contribution in [-0.4, -0.2) is 35.7 Å². The molecule has 3 aromatic rings. The Morgan fingerprint density at radius 2 is 1.12 bits per heavy atom. The molecule has 0 nitrogen and oxygen atoms in total. The third-order valence-electron chi connectivity index (χ3n) is 4.13. The average Bonchev–Trinajstić information content (AvgIpc) is 2.70. The van der Waals surface area contributed by atoms with E-state index in [9.17, 15) is 0 Å². The van der Waals surface area contributed by atoms with Crippen LogP contribution in [0.4, 0.5) is 0 Å². The molecule has 1 heterocycles. The third-order valence-corrected chi connectivity index (χ3v) is 58.7. The molecule has 0 fully saturated rings. The second-order valence-electron chi connectivity index (χ2n) is 5.84. The first-order valence-electron chi connectivity index (χ1n) is 8.61. The van der Waals surface area contributed by atoms with Crippen molar-refractivity contribution in [2.75, 3.05) is 0 Å². The minimum absolute atomic E-state index is 1.19. The molecular formula is C23H19As3. The molecule has 3 atom stereocenters. The average molecular weight is 520 g/mol. The SMILES string of the molecule is C1=C=C[As](c2ccccc2)[As](c2ccccc2)[As](c2ccccc2)CC=1. The van der Waals surface area contributed by atoms with Crippen LogP contribution in [0, 0.1) is 0 Å². The van der Waals surface area contributed by atoms with E-state index in [2.05, 4.69) is 113 Å². The van der Waals surface area contributed by atoms with Crippen LogP contribution >= 0.6 is 0 Å².